The molecule has 0 bridgehead atoms. The Bertz CT molecular complexity index is 382. The molecule has 0 atom stereocenters. The number of nitrogen functional groups attached to an aromatic ring is 1. The van der Waals surface area contributed by atoms with Crippen molar-refractivity contribution < 1.29 is 13.2 Å². The van der Waals surface area contributed by atoms with Gasteiger partial charge in [0.15, 0.2) is 17.5 Å². The lowest BCUT2D eigenvalue weighted by atomic mass is 10.1. The highest BCUT2D eigenvalue weighted by molar-refractivity contribution is 9.10. The van der Waals surface area contributed by atoms with Crippen LogP contribution in [0.4, 0.5) is 18.9 Å². The van der Waals surface area contributed by atoms with Gasteiger partial charge in [-0.3, -0.25) is 0 Å². The van der Waals surface area contributed by atoms with E-state index in [9.17, 15) is 13.2 Å². The van der Waals surface area contributed by atoms with E-state index in [-0.39, 0.29) is 0 Å². The number of anilines is 1. The van der Waals surface area contributed by atoms with Crippen molar-refractivity contribution in [1.29, 1.82) is 5.26 Å². The van der Waals surface area contributed by atoms with E-state index in [1.165, 1.54) is 6.07 Å². The van der Waals surface area contributed by atoms with E-state index in [0.29, 0.717) is 0 Å². The minimum atomic E-state index is -1.46. The zero-order chi connectivity index (χ0) is 10.2. The molecule has 0 heterocycles. The predicted molar refractivity (Wildman–Crippen MR) is 43.1 cm³/mol. The molecule has 0 unspecified atom stereocenters. The summed E-state index contributed by atoms with van der Waals surface area (Å²) >= 11 is 2.46. The largest absolute Gasteiger partial charge is 0.395 e. The molecule has 6 heteroatoms. The molecule has 0 saturated heterocycles. The third kappa shape index (κ3) is 1.35. The van der Waals surface area contributed by atoms with Gasteiger partial charge in [0.05, 0.1) is 10.2 Å². The van der Waals surface area contributed by atoms with Gasteiger partial charge in [0, 0.05) is 0 Å². The van der Waals surface area contributed by atoms with Crippen LogP contribution < -0.4 is 5.73 Å². The van der Waals surface area contributed by atoms with Crippen LogP contribution in [0.5, 0.6) is 0 Å². The summed E-state index contributed by atoms with van der Waals surface area (Å²) in [5.74, 6) is -4.08. The maximum Gasteiger partial charge on any atom is 0.180 e. The molecule has 68 valence electrons. The molecule has 0 aliphatic heterocycles. The highest BCUT2D eigenvalue weighted by Gasteiger charge is 2.21. The lowest BCUT2D eigenvalue weighted by molar-refractivity contribution is 0.487. The molecule has 0 aliphatic carbocycles. The first-order chi connectivity index (χ1) is 6.00. The summed E-state index contributed by atoms with van der Waals surface area (Å²) in [7, 11) is 0. The van der Waals surface area contributed by atoms with Crippen molar-refractivity contribution >= 4 is 21.6 Å². The van der Waals surface area contributed by atoms with Crippen LogP contribution in [0.15, 0.2) is 4.47 Å². The van der Waals surface area contributed by atoms with Gasteiger partial charge >= 0.3 is 0 Å². The standard InChI is InChI=1S/C7H2BrF3N2/c8-3-5(10)4(9)2(1-12)7(13)6(3)11/h13H2. The number of rotatable bonds is 0. The number of hydrogen-bond acceptors (Lipinski definition) is 2. The smallest absolute Gasteiger partial charge is 0.180 e. The molecule has 0 fully saturated rings. The summed E-state index contributed by atoms with van der Waals surface area (Å²) in [6.07, 6.45) is 0. The van der Waals surface area contributed by atoms with Gasteiger partial charge in [0.2, 0.25) is 0 Å². The van der Waals surface area contributed by atoms with E-state index in [2.05, 4.69) is 15.9 Å². The molecule has 0 saturated carbocycles. The molecule has 2 N–H and O–H groups in total. The van der Waals surface area contributed by atoms with Gasteiger partial charge in [0.25, 0.3) is 0 Å². The molecule has 1 aromatic rings. The molecule has 1 aromatic carbocycles. The fourth-order valence-corrected chi connectivity index (χ4v) is 1.15. The van der Waals surface area contributed by atoms with Crippen LogP contribution in [-0.4, -0.2) is 0 Å². The van der Waals surface area contributed by atoms with Gasteiger partial charge in [-0.25, -0.2) is 13.2 Å². The van der Waals surface area contributed by atoms with Gasteiger partial charge in [-0.1, -0.05) is 0 Å². The number of nitriles is 1. The number of halogens is 4. The van der Waals surface area contributed by atoms with Crippen LogP contribution in [0.2, 0.25) is 0 Å². The van der Waals surface area contributed by atoms with E-state index in [4.69, 9.17) is 11.0 Å². The van der Waals surface area contributed by atoms with Crippen LogP contribution >= 0.6 is 15.9 Å². The minimum Gasteiger partial charge on any atom is -0.395 e. The Hall–Kier alpha value is -1.22. The zero-order valence-electron chi connectivity index (χ0n) is 6.04. The average Bonchev–Trinajstić information content (AvgIpc) is 2.13. The van der Waals surface area contributed by atoms with Gasteiger partial charge in [-0.05, 0) is 15.9 Å². The SMILES string of the molecule is N#Cc1c(N)c(F)c(Br)c(F)c1F. The Labute approximate surface area is 79.9 Å². The second-order valence-corrected chi connectivity index (χ2v) is 2.95. The van der Waals surface area contributed by atoms with E-state index < -0.39 is 33.2 Å². The summed E-state index contributed by atoms with van der Waals surface area (Å²) in [6, 6.07) is 1.27. The zero-order valence-corrected chi connectivity index (χ0v) is 7.62. The van der Waals surface area contributed by atoms with E-state index in [0.717, 1.165) is 0 Å². The van der Waals surface area contributed by atoms with Gasteiger partial charge < -0.3 is 5.73 Å². The maximum atomic E-state index is 12.9. The Kier molecular flexibility index (Phi) is 2.48. The quantitative estimate of drug-likeness (QED) is 0.437. The molecule has 2 nitrogen and oxygen atoms in total. The number of nitrogens with two attached hydrogens (primary N) is 1. The van der Waals surface area contributed by atoms with E-state index in [1.807, 2.05) is 0 Å². The van der Waals surface area contributed by atoms with Crippen LogP contribution in [0.1, 0.15) is 5.56 Å². The summed E-state index contributed by atoms with van der Waals surface area (Å²) in [4.78, 5) is 0. The number of hydrogen-bond donors (Lipinski definition) is 1. The molecule has 0 spiro atoms. The van der Waals surface area contributed by atoms with Crippen LogP contribution in [0, 0.1) is 28.8 Å². The molecule has 13 heavy (non-hydrogen) atoms. The molecular weight excluding hydrogens is 249 g/mol. The molecule has 0 amide bonds. The lowest BCUT2D eigenvalue weighted by Gasteiger charge is -2.04. The van der Waals surface area contributed by atoms with Crippen molar-refractivity contribution in [3.05, 3.63) is 27.5 Å². The van der Waals surface area contributed by atoms with E-state index >= 15 is 0 Å². The van der Waals surface area contributed by atoms with Crippen molar-refractivity contribution in [2.24, 2.45) is 0 Å². The Morgan fingerprint density at radius 3 is 2.15 bits per heavy atom. The van der Waals surface area contributed by atoms with Crippen molar-refractivity contribution in [1.82, 2.24) is 0 Å². The Balaban J connectivity index is 3.69. The molecule has 1 rings (SSSR count). The summed E-state index contributed by atoms with van der Waals surface area (Å²) in [5.41, 5.74) is 3.51. The maximum absolute atomic E-state index is 12.9. The average molecular weight is 251 g/mol. The van der Waals surface area contributed by atoms with Crippen LogP contribution in [0.25, 0.3) is 0 Å². The summed E-state index contributed by atoms with van der Waals surface area (Å²) in [5, 5.41) is 8.32. The number of nitrogens with zero attached hydrogens (tertiary/aromatic N) is 1. The monoisotopic (exact) mass is 250 g/mol. The van der Waals surface area contributed by atoms with Gasteiger partial charge in [0.1, 0.15) is 11.6 Å². The molecule has 0 aliphatic rings. The number of benzene rings is 1. The molecule has 0 aromatic heterocycles. The first-order valence-electron chi connectivity index (χ1n) is 3.02. The third-order valence-corrected chi connectivity index (χ3v) is 2.11. The summed E-state index contributed by atoms with van der Waals surface area (Å²) < 4.78 is 37.8. The molecule has 0 radical (unpaired) electrons. The molecular formula is C7H2BrF3N2. The first kappa shape index (κ1) is 9.86. The van der Waals surface area contributed by atoms with Crippen molar-refractivity contribution in [2.45, 2.75) is 0 Å². The predicted octanol–water partition coefficient (Wildman–Crippen LogP) is 2.32. The fraction of sp³-hybridized carbons (Fsp3) is 0. The van der Waals surface area contributed by atoms with E-state index in [1.54, 1.807) is 0 Å². The lowest BCUT2D eigenvalue weighted by Crippen LogP contribution is -2.03. The van der Waals surface area contributed by atoms with Crippen molar-refractivity contribution in [3.63, 3.8) is 0 Å². The summed E-state index contributed by atoms with van der Waals surface area (Å²) in [6.45, 7) is 0. The highest BCUT2D eigenvalue weighted by atomic mass is 79.9. The Morgan fingerprint density at radius 1 is 1.15 bits per heavy atom. The normalized spacial score (nSPS) is 9.77. The second kappa shape index (κ2) is 3.26. The van der Waals surface area contributed by atoms with Crippen molar-refractivity contribution in [2.75, 3.05) is 5.73 Å². The van der Waals surface area contributed by atoms with Crippen molar-refractivity contribution in [3.8, 4) is 6.07 Å². The third-order valence-electron chi connectivity index (χ3n) is 1.42. The minimum absolute atomic E-state index is 0.701. The van der Waals surface area contributed by atoms with Crippen LogP contribution in [0.3, 0.4) is 0 Å². The second-order valence-electron chi connectivity index (χ2n) is 2.16. The van der Waals surface area contributed by atoms with Gasteiger partial charge in [-0.15, -0.1) is 0 Å². The van der Waals surface area contributed by atoms with Crippen LogP contribution in [-0.2, 0) is 0 Å². The highest BCUT2D eigenvalue weighted by Crippen LogP contribution is 2.30. The fourth-order valence-electron chi connectivity index (χ4n) is 0.758. The van der Waals surface area contributed by atoms with Gasteiger partial charge in [-0.2, -0.15) is 5.26 Å². The first-order valence-corrected chi connectivity index (χ1v) is 3.81. The Morgan fingerprint density at radius 2 is 1.69 bits per heavy atom. The topological polar surface area (TPSA) is 49.8 Å².